The zero-order valence-electron chi connectivity index (χ0n) is 9.85. The van der Waals surface area contributed by atoms with Crippen LogP contribution in [0.15, 0.2) is 0 Å². The summed E-state index contributed by atoms with van der Waals surface area (Å²) in [5, 5.41) is 17.8. The van der Waals surface area contributed by atoms with E-state index < -0.39 is 5.92 Å². The van der Waals surface area contributed by atoms with E-state index in [9.17, 15) is 4.79 Å². The average Bonchev–Trinajstić information content (AvgIpc) is 2.28. The molecule has 0 aromatic carbocycles. The van der Waals surface area contributed by atoms with Gasteiger partial charge in [0.15, 0.2) is 11.7 Å². The standard InChI is InChI=1S/C14H16N2O/c15-7-12(8-16)13(17)14-4-9-1-10(5-14)3-11(2-9)6-14/h9-12H,1-6H2. The Bertz CT molecular complexity index is 391. The Hall–Kier alpha value is -1.35. The van der Waals surface area contributed by atoms with Gasteiger partial charge in [-0.2, -0.15) is 10.5 Å². The van der Waals surface area contributed by atoms with Crippen molar-refractivity contribution in [1.29, 1.82) is 10.5 Å². The molecular formula is C14H16N2O. The predicted molar refractivity (Wildman–Crippen MR) is 60.3 cm³/mol. The third kappa shape index (κ3) is 1.49. The highest BCUT2D eigenvalue weighted by Gasteiger charge is 2.55. The molecule has 0 saturated heterocycles. The molecule has 0 aromatic heterocycles. The van der Waals surface area contributed by atoms with Crippen molar-refractivity contribution in [2.24, 2.45) is 29.1 Å². The van der Waals surface area contributed by atoms with Crippen molar-refractivity contribution in [3.63, 3.8) is 0 Å². The normalized spacial score (nSPS) is 42.2. The lowest BCUT2D eigenvalue weighted by Gasteiger charge is -2.56. The molecule has 3 heteroatoms. The van der Waals surface area contributed by atoms with E-state index in [2.05, 4.69) is 0 Å². The molecule has 0 aromatic rings. The molecule has 4 rings (SSSR count). The van der Waals surface area contributed by atoms with Gasteiger partial charge in [-0.15, -0.1) is 0 Å². The summed E-state index contributed by atoms with van der Waals surface area (Å²) >= 11 is 0. The second kappa shape index (κ2) is 3.57. The summed E-state index contributed by atoms with van der Waals surface area (Å²) in [6.45, 7) is 0. The van der Waals surface area contributed by atoms with E-state index in [1.165, 1.54) is 19.3 Å². The molecule has 4 aliphatic rings. The van der Waals surface area contributed by atoms with Crippen LogP contribution in [0.5, 0.6) is 0 Å². The Balaban J connectivity index is 1.90. The van der Waals surface area contributed by atoms with Crippen LogP contribution in [-0.2, 0) is 4.79 Å². The first-order chi connectivity index (χ1) is 8.16. The number of rotatable bonds is 2. The van der Waals surface area contributed by atoms with E-state index in [4.69, 9.17) is 10.5 Å². The van der Waals surface area contributed by atoms with E-state index in [0.29, 0.717) is 17.8 Å². The minimum atomic E-state index is -1.04. The fraction of sp³-hybridized carbons (Fsp3) is 0.786. The van der Waals surface area contributed by atoms with Gasteiger partial charge in [-0.05, 0) is 56.3 Å². The number of nitriles is 2. The molecule has 88 valence electrons. The lowest BCUT2D eigenvalue weighted by Crippen LogP contribution is -2.51. The summed E-state index contributed by atoms with van der Waals surface area (Å²) in [6, 6.07) is 3.73. The highest BCUT2D eigenvalue weighted by atomic mass is 16.1. The van der Waals surface area contributed by atoms with Crippen LogP contribution < -0.4 is 0 Å². The van der Waals surface area contributed by atoms with E-state index in [-0.39, 0.29) is 11.2 Å². The van der Waals surface area contributed by atoms with E-state index in [0.717, 1.165) is 19.3 Å². The highest BCUT2D eigenvalue weighted by molar-refractivity contribution is 5.91. The van der Waals surface area contributed by atoms with Crippen molar-refractivity contribution in [3.8, 4) is 12.1 Å². The van der Waals surface area contributed by atoms with Crippen molar-refractivity contribution in [2.75, 3.05) is 0 Å². The van der Waals surface area contributed by atoms with Crippen LogP contribution in [0.1, 0.15) is 38.5 Å². The van der Waals surface area contributed by atoms with Gasteiger partial charge >= 0.3 is 0 Å². The second-order valence-corrected chi connectivity index (χ2v) is 6.25. The monoisotopic (exact) mass is 228 g/mol. The molecule has 0 unspecified atom stereocenters. The molecule has 0 aliphatic heterocycles. The van der Waals surface area contributed by atoms with Crippen LogP contribution in [0.3, 0.4) is 0 Å². The molecule has 0 atom stereocenters. The van der Waals surface area contributed by atoms with Gasteiger partial charge in [-0.3, -0.25) is 4.79 Å². The molecule has 3 nitrogen and oxygen atoms in total. The van der Waals surface area contributed by atoms with Crippen molar-refractivity contribution >= 4 is 5.78 Å². The molecular weight excluding hydrogens is 212 g/mol. The summed E-state index contributed by atoms with van der Waals surface area (Å²) in [5.74, 6) is 0.947. The average molecular weight is 228 g/mol. The molecule has 17 heavy (non-hydrogen) atoms. The SMILES string of the molecule is N#CC(C#N)C(=O)C12CC3CC(CC(C3)C1)C2. The van der Waals surface area contributed by atoms with Crippen molar-refractivity contribution < 1.29 is 4.79 Å². The Morgan fingerprint density at radius 3 is 1.76 bits per heavy atom. The maximum absolute atomic E-state index is 12.4. The van der Waals surface area contributed by atoms with Crippen LogP contribution >= 0.6 is 0 Å². The quantitative estimate of drug-likeness (QED) is 0.729. The van der Waals surface area contributed by atoms with Gasteiger partial charge in [-0.1, -0.05) is 0 Å². The number of carbonyl (C=O) groups is 1. The zero-order valence-corrected chi connectivity index (χ0v) is 9.85. The molecule has 4 fully saturated rings. The summed E-state index contributed by atoms with van der Waals surface area (Å²) in [4.78, 5) is 12.4. The molecule has 0 heterocycles. The van der Waals surface area contributed by atoms with Crippen molar-refractivity contribution in [3.05, 3.63) is 0 Å². The maximum atomic E-state index is 12.4. The second-order valence-electron chi connectivity index (χ2n) is 6.25. The largest absolute Gasteiger partial charge is 0.296 e. The summed E-state index contributed by atoms with van der Waals surface area (Å²) < 4.78 is 0. The van der Waals surface area contributed by atoms with Gasteiger partial charge in [-0.25, -0.2) is 0 Å². The number of hydrogen-bond donors (Lipinski definition) is 0. The zero-order chi connectivity index (χ0) is 12.0. The van der Waals surface area contributed by atoms with Crippen LogP contribution in [0.4, 0.5) is 0 Å². The van der Waals surface area contributed by atoms with Crippen LogP contribution in [0, 0.1) is 51.7 Å². The predicted octanol–water partition coefficient (Wildman–Crippen LogP) is 2.44. The first-order valence-corrected chi connectivity index (χ1v) is 6.50. The molecule has 0 N–H and O–H groups in total. The number of Topliss-reactive ketones (excluding diaryl/α,β-unsaturated/α-hetero) is 1. The fourth-order valence-electron chi connectivity index (χ4n) is 4.86. The highest BCUT2D eigenvalue weighted by Crippen LogP contribution is 2.60. The van der Waals surface area contributed by atoms with Crippen LogP contribution in [0.2, 0.25) is 0 Å². The van der Waals surface area contributed by atoms with Crippen molar-refractivity contribution in [1.82, 2.24) is 0 Å². The maximum Gasteiger partial charge on any atom is 0.191 e. The Labute approximate surface area is 101 Å². The lowest BCUT2D eigenvalue weighted by atomic mass is 9.48. The molecule has 0 spiro atoms. The minimum Gasteiger partial charge on any atom is -0.296 e. The number of hydrogen-bond acceptors (Lipinski definition) is 3. The molecule has 4 bridgehead atoms. The minimum absolute atomic E-state index is 0.0680. The van der Waals surface area contributed by atoms with Gasteiger partial charge in [0.2, 0.25) is 0 Å². The van der Waals surface area contributed by atoms with Crippen LogP contribution in [-0.4, -0.2) is 5.78 Å². The van der Waals surface area contributed by atoms with E-state index >= 15 is 0 Å². The van der Waals surface area contributed by atoms with Gasteiger partial charge in [0.05, 0.1) is 12.1 Å². The third-order valence-corrected chi connectivity index (χ3v) is 5.08. The number of ketones is 1. The van der Waals surface area contributed by atoms with Gasteiger partial charge in [0, 0.05) is 5.41 Å². The first-order valence-electron chi connectivity index (χ1n) is 6.50. The summed E-state index contributed by atoms with van der Waals surface area (Å²) in [7, 11) is 0. The smallest absolute Gasteiger partial charge is 0.191 e. The summed E-state index contributed by atoms with van der Waals surface area (Å²) in [6.07, 6.45) is 6.65. The third-order valence-electron chi connectivity index (χ3n) is 5.08. The van der Waals surface area contributed by atoms with Gasteiger partial charge in [0.1, 0.15) is 0 Å². The number of carbonyl (C=O) groups excluding carboxylic acids is 1. The van der Waals surface area contributed by atoms with E-state index in [1.54, 1.807) is 0 Å². The lowest BCUT2D eigenvalue weighted by molar-refractivity contribution is -0.145. The topological polar surface area (TPSA) is 64.7 Å². The van der Waals surface area contributed by atoms with Gasteiger partial charge < -0.3 is 0 Å². The molecule has 0 radical (unpaired) electrons. The number of nitrogens with zero attached hydrogens (tertiary/aromatic N) is 2. The van der Waals surface area contributed by atoms with Crippen LogP contribution in [0.25, 0.3) is 0 Å². The molecule has 4 aliphatic carbocycles. The first kappa shape index (κ1) is 10.8. The molecule has 0 amide bonds. The van der Waals surface area contributed by atoms with Gasteiger partial charge in [0.25, 0.3) is 0 Å². The summed E-state index contributed by atoms with van der Waals surface area (Å²) in [5.41, 5.74) is -0.301. The Kier molecular flexibility index (Phi) is 2.26. The fourth-order valence-corrected chi connectivity index (χ4v) is 4.86. The van der Waals surface area contributed by atoms with E-state index in [1.807, 2.05) is 12.1 Å². The Morgan fingerprint density at radius 2 is 1.41 bits per heavy atom. The Morgan fingerprint density at radius 1 is 1.00 bits per heavy atom. The van der Waals surface area contributed by atoms with Crippen molar-refractivity contribution in [2.45, 2.75) is 38.5 Å². The molecule has 4 saturated carbocycles.